The lowest BCUT2D eigenvalue weighted by Gasteiger charge is -2.26. The fraction of sp³-hybridized carbons (Fsp3) is 0.200. The van der Waals surface area contributed by atoms with Crippen LogP contribution in [0.4, 0.5) is 0 Å². The Hall–Kier alpha value is -3.82. The van der Waals surface area contributed by atoms with Crippen LogP contribution in [-0.2, 0) is 21.7 Å². The molecule has 1 aliphatic heterocycles. The van der Waals surface area contributed by atoms with Crippen molar-refractivity contribution in [1.29, 1.82) is 0 Å². The Morgan fingerprint density at radius 2 is 1.85 bits per heavy atom. The van der Waals surface area contributed by atoms with E-state index in [1.807, 2.05) is 13.0 Å². The normalized spacial score (nSPS) is 17.8. The maximum Gasteiger partial charge on any atom is 0.342 e. The molecule has 1 aliphatic rings. The smallest absolute Gasteiger partial charge is 0.342 e. The SMILES string of the molecule is COc1ccc(CC2=C(c3ccc4nsnc4c3)C(=O)OC2(O)c2ccc(OC)c(C)c2)cn1. The number of methoxy groups -OCH3 is 2. The number of benzene rings is 2. The van der Waals surface area contributed by atoms with Crippen molar-refractivity contribution in [3.8, 4) is 11.6 Å². The number of ether oxygens (including phenoxy) is 3. The summed E-state index contributed by atoms with van der Waals surface area (Å²) < 4.78 is 24.7. The van der Waals surface area contributed by atoms with Crippen LogP contribution in [0.15, 0.2) is 60.3 Å². The second-order valence-corrected chi connectivity index (χ2v) is 8.45. The quantitative estimate of drug-likeness (QED) is 0.420. The van der Waals surface area contributed by atoms with E-state index in [0.29, 0.717) is 39.4 Å². The molecule has 4 aromatic rings. The molecule has 0 amide bonds. The Morgan fingerprint density at radius 3 is 2.56 bits per heavy atom. The number of carbonyl (C=O) groups excluding carboxylic acids is 1. The minimum Gasteiger partial charge on any atom is -0.496 e. The second-order valence-electron chi connectivity index (χ2n) is 7.92. The lowest BCUT2D eigenvalue weighted by molar-refractivity contribution is -0.185. The van der Waals surface area contributed by atoms with Gasteiger partial charge in [-0.2, -0.15) is 8.75 Å². The molecule has 172 valence electrons. The fourth-order valence-corrected chi connectivity index (χ4v) is 4.66. The predicted molar refractivity (Wildman–Crippen MR) is 127 cm³/mol. The van der Waals surface area contributed by atoms with Crippen molar-refractivity contribution in [2.24, 2.45) is 0 Å². The Labute approximate surface area is 199 Å². The monoisotopic (exact) mass is 475 g/mol. The standard InChI is InChI=1S/C25H21N3O5S/c1-14-10-17(6-8-21(14)31-2)25(30)18(11-15-4-9-22(32-3)26-13-15)23(24(29)33-25)16-5-7-19-20(12-16)28-34-27-19/h4-10,12-13,30H,11H2,1-3H3. The minimum absolute atomic E-state index is 0.229. The van der Waals surface area contributed by atoms with E-state index in [-0.39, 0.29) is 6.42 Å². The summed E-state index contributed by atoms with van der Waals surface area (Å²) in [6, 6.07) is 14.1. The minimum atomic E-state index is -1.96. The summed E-state index contributed by atoms with van der Waals surface area (Å²) >= 11 is 1.10. The molecular weight excluding hydrogens is 454 g/mol. The van der Waals surface area contributed by atoms with Gasteiger partial charge in [0, 0.05) is 29.8 Å². The van der Waals surface area contributed by atoms with Gasteiger partial charge in [0.15, 0.2) is 0 Å². The average Bonchev–Trinajstić information content (AvgIpc) is 3.41. The zero-order valence-electron chi connectivity index (χ0n) is 18.7. The van der Waals surface area contributed by atoms with Gasteiger partial charge in [-0.05, 0) is 53.9 Å². The van der Waals surface area contributed by atoms with Crippen LogP contribution in [0.25, 0.3) is 16.6 Å². The summed E-state index contributed by atoms with van der Waals surface area (Å²) in [5.41, 5.74) is 4.74. The van der Waals surface area contributed by atoms with Gasteiger partial charge in [0.05, 0.1) is 31.5 Å². The highest BCUT2D eigenvalue weighted by Crippen LogP contribution is 2.45. The van der Waals surface area contributed by atoms with Crippen LogP contribution in [0.1, 0.15) is 22.3 Å². The third-order valence-corrected chi connectivity index (χ3v) is 6.43. The third-order valence-electron chi connectivity index (χ3n) is 5.87. The summed E-state index contributed by atoms with van der Waals surface area (Å²) in [5.74, 6) is -1.43. The van der Waals surface area contributed by atoms with Crippen LogP contribution in [0, 0.1) is 6.92 Å². The molecule has 0 spiro atoms. The molecule has 1 atom stereocenters. The van der Waals surface area contributed by atoms with E-state index in [4.69, 9.17) is 14.2 Å². The number of rotatable bonds is 6. The van der Waals surface area contributed by atoms with Crippen LogP contribution in [0.2, 0.25) is 0 Å². The van der Waals surface area contributed by atoms with Gasteiger partial charge in [-0.1, -0.05) is 12.1 Å². The van der Waals surface area contributed by atoms with Crippen molar-refractivity contribution in [3.63, 3.8) is 0 Å². The molecule has 0 radical (unpaired) electrons. The highest BCUT2D eigenvalue weighted by Gasteiger charge is 2.48. The van der Waals surface area contributed by atoms with E-state index in [1.165, 1.54) is 0 Å². The Bertz CT molecular complexity index is 1430. The number of aliphatic hydroxyl groups is 1. The number of aryl methyl sites for hydroxylation is 1. The van der Waals surface area contributed by atoms with Gasteiger partial charge in [-0.15, -0.1) is 0 Å². The number of fused-ring (bicyclic) bond motifs is 1. The van der Waals surface area contributed by atoms with Gasteiger partial charge >= 0.3 is 5.97 Å². The number of pyridine rings is 1. The molecule has 0 fully saturated rings. The molecule has 8 nitrogen and oxygen atoms in total. The van der Waals surface area contributed by atoms with E-state index in [0.717, 1.165) is 28.4 Å². The van der Waals surface area contributed by atoms with Gasteiger partial charge in [-0.25, -0.2) is 9.78 Å². The predicted octanol–water partition coefficient (Wildman–Crippen LogP) is 3.81. The van der Waals surface area contributed by atoms with Crippen LogP contribution < -0.4 is 9.47 Å². The summed E-state index contributed by atoms with van der Waals surface area (Å²) in [6.45, 7) is 1.86. The first-order chi connectivity index (χ1) is 16.4. The highest BCUT2D eigenvalue weighted by molar-refractivity contribution is 7.00. The van der Waals surface area contributed by atoms with Crippen molar-refractivity contribution in [1.82, 2.24) is 13.7 Å². The van der Waals surface area contributed by atoms with E-state index >= 15 is 0 Å². The Kier molecular flexibility index (Phi) is 5.51. The number of aromatic nitrogens is 3. The summed E-state index contributed by atoms with van der Waals surface area (Å²) in [7, 11) is 3.12. The number of carbonyl (C=O) groups is 1. The number of nitrogens with zero attached hydrogens (tertiary/aromatic N) is 3. The van der Waals surface area contributed by atoms with Crippen molar-refractivity contribution < 1.29 is 24.1 Å². The zero-order chi connectivity index (χ0) is 23.9. The third kappa shape index (κ3) is 3.68. The van der Waals surface area contributed by atoms with E-state index in [1.54, 1.807) is 62.9 Å². The van der Waals surface area contributed by atoms with Crippen molar-refractivity contribution in [2.75, 3.05) is 14.2 Å². The van der Waals surface area contributed by atoms with E-state index in [9.17, 15) is 9.90 Å². The molecule has 0 saturated carbocycles. The maximum atomic E-state index is 13.2. The number of hydrogen-bond donors (Lipinski definition) is 1. The molecule has 1 N–H and O–H groups in total. The first-order valence-corrected chi connectivity index (χ1v) is 11.2. The molecule has 1 unspecified atom stereocenters. The lowest BCUT2D eigenvalue weighted by Crippen LogP contribution is -2.30. The van der Waals surface area contributed by atoms with Gasteiger partial charge in [-0.3, -0.25) is 0 Å². The molecule has 34 heavy (non-hydrogen) atoms. The molecule has 0 bridgehead atoms. The highest BCUT2D eigenvalue weighted by atomic mass is 32.1. The number of cyclic esters (lactones) is 1. The molecule has 0 aliphatic carbocycles. The molecule has 5 rings (SSSR count). The first kappa shape index (κ1) is 22.0. The van der Waals surface area contributed by atoms with E-state index < -0.39 is 11.8 Å². The molecule has 2 aromatic heterocycles. The second kappa shape index (κ2) is 8.51. The Balaban J connectivity index is 1.68. The van der Waals surface area contributed by atoms with Gasteiger partial charge in [0.25, 0.3) is 5.79 Å². The van der Waals surface area contributed by atoms with Crippen LogP contribution in [0.3, 0.4) is 0 Å². The summed E-state index contributed by atoms with van der Waals surface area (Å²) in [5, 5.41) is 11.8. The molecular formula is C25H21N3O5S. The van der Waals surface area contributed by atoms with Crippen molar-refractivity contribution in [3.05, 3.63) is 82.6 Å². The van der Waals surface area contributed by atoms with Crippen LogP contribution in [-0.4, -0.2) is 39.0 Å². The molecule has 9 heteroatoms. The zero-order valence-corrected chi connectivity index (χ0v) is 19.5. The largest absolute Gasteiger partial charge is 0.496 e. The van der Waals surface area contributed by atoms with Crippen LogP contribution in [0.5, 0.6) is 11.6 Å². The number of hydrogen-bond acceptors (Lipinski definition) is 9. The summed E-state index contributed by atoms with van der Waals surface area (Å²) in [6.07, 6.45) is 1.88. The fourth-order valence-electron chi connectivity index (χ4n) is 4.14. The lowest BCUT2D eigenvalue weighted by atomic mass is 9.88. The molecule has 3 heterocycles. The Morgan fingerprint density at radius 1 is 1.03 bits per heavy atom. The van der Waals surface area contributed by atoms with Crippen LogP contribution >= 0.6 is 11.7 Å². The van der Waals surface area contributed by atoms with Gasteiger partial charge < -0.3 is 19.3 Å². The van der Waals surface area contributed by atoms with E-state index in [2.05, 4.69) is 13.7 Å². The van der Waals surface area contributed by atoms with Crippen molar-refractivity contribution >= 4 is 34.3 Å². The average molecular weight is 476 g/mol. The summed E-state index contributed by atoms with van der Waals surface area (Å²) in [4.78, 5) is 17.5. The topological polar surface area (TPSA) is 104 Å². The first-order valence-electron chi connectivity index (χ1n) is 10.5. The number of esters is 1. The molecule has 2 aromatic carbocycles. The molecule has 0 saturated heterocycles. The van der Waals surface area contributed by atoms with Gasteiger partial charge in [0.1, 0.15) is 16.8 Å². The van der Waals surface area contributed by atoms with Gasteiger partial charge in [0.2, 0.25) is 5.88 Å². The van der Waals surface area contributed by atoms with Crippen molar-refractivity contribution in [2.45, 2.75) is 19.1 Å². The maximum absolute atomic E-state index is 13.2.